The van der Waals surface area contributed by atoms with Crippen molar-refractivity contribution in [1.82, 2.24) is 20.5 Å². The molecule has 0 bridgehead atoms. The van der Waals surface area contributed by atoms with Gasteiger partial charge in [0.25, 0.3) is 0 Å². The van der Waals surface area contributed by atoms with E-state index in [1.54, 1.807) is 6.07 Å². The number of aromatic hydroxyl groups is 1. The van der Waals surface area contributed by atoms with Gasteiger partial charge in [-0.1, -0.05) is 17.7 Å². The predicted octanol–water partition coefficient (Wildman–Crippen LogP) is 1.71. The second-order valence-corrected chi connectivity index (χ2v) is 4.42. The largest absolute Gasteiger partial charge is 0.508 e. The monoisotopic (exact) mass is 246 g/mol. The summed E-state index contributed by atoms with van der Waals surface area (Å²) in [4.78, 5) is 4.06. The first-order valence-corrected chi connectivity index (χ1v) is 6.04. The average Bonchev–Trinajstić information content (AvgIpc) is 2.85. The van der Waals surface area contributed by atoms with Crippen molar-refractivity contribution in [2.24, 2.45) is 0 Å². The Morgan fingerprint density at radius 2 is 2.28 bits per heavy atom. The molecule has 0 aliphatic heterocycles. The third-order valence-corrected chi connectivity index (χ3v) is 2.93. The quantitative estimate of drug-likeness (QED) is 0.751. The van der Waals surface area contributed by atoms with Gasteiger partial charge in [0.1, 0.15) is 17.9 Å². The van der Waals surface area contributed by atoms with Crippen LogP contribution < -0.4 is 5.32 Å². The Hall–Kier alpha value is -1.88. The molecule has 1 atom stereocenters. The topological polar surface area (TPSA) is 73.8 Å². The molecule has 5 nitrogen and oxygen atoms in total. The molecular formula is C13H18N4O. The second kappa shape index (κ2) is 5.64. The molecule has 1 aromatic carbocycles. The van der Waals surface area contributed by atoms with Crippen LogP contribution in [0.4, 0.5) is 0 Å². The highest BCUT2D eigenvalue weighted by Gasteiger charge is 2.09. The standard InChI is InChI=1S/C13H18N4O/c1-9-3-4-12(18)11(7-9)10(2)14-6-5-13-15-8-16-17-13/h3-4,7-8,10,14,18H,5-6H2,1-2H3,(H,15,16,17). The smallest absolute Gasteiger partial charge is 0.137 e. The summed E-state index contributed by atoms with van der Waals surface area (Å²) in [6.07, 6.45) is 2.29. The normalized spacial score (nSPS) is 12.6. The minimum atomic E-state index is 0.104. The Kier molecular flexibility index (Phi) is 3.94. The summed E-state index contributed by atoms with van der Waals surface area (Å²) in [5, 5.41) is 19.8. The molecule has 0 saturated heterocycles. The number of hydrogen-bond acceptors (Lipinski definition) is 4. The van der Waals surface area contributed by atoms with Crippen LogP contribution in [0.3, 0.4) is 0 Å². The third kappa shape index (κ3) is 3.07. The number of aromatic amines is 1. The molecule has 0 spiro atoms. The molecule has 0 fully saturated rings. The van der Waals surface area contributed by atoms with E-state index >= 15 is 0 Å². The molecule has 1 aromatic heterocycles. The van der Waals surface area contributed by atoms with Crippen LogP contribution in [-0.2, 0) is 6.42 Å². The highest BCUT2D eigenvalue weighted by atomic mass is 16.3. The lowest BCUT2D eigenvalue weighted by molar-refractivity contribution is 0.452. The van der Waals surface area contributed by atoms with Gasteiger partial charge in [-0.3, -0.25) is 5.10 Å². The van der Waals surface area contributed by atoms with Crippen molar-refractivity contribution in [3.63, 3.8) is 0 Å². The fourth-order valence-corrected chi connectivity index (χ4v) is 1.89. The van der Waals surface area contributed by atoms with Crippen LogP contribution in [0.25, 0.3) is 0 Å². The zero-order valence-electron chi connectivity index (χ0n) is 10.6. The highest BCUT2D eigenvalue weighted by Crippen LogP contribution is 2.24. The van der Waals surface area contributed by atoms with E-state index < -0.39 is 0 Å². The van der Waals surface area contributed by atoms with Crippen LogP contribution in [0, 0.1) is 6.92 Å². The van der Waals surface area contributed by atoms with E-state index in [1.807, 2.05) is 26.0 Å². The maximum Gasteiger partial charge on any atom is 0.137 e. The number of hydrogen-bond donors (Lipinski definition) is 3. The fraction of sp³-hybridized carbons (Fsp3) is 0.385. The van der Waals surface area contributed by atoms with E-state index in [1.165, 1.54) is 6.33 Å². The molecule has 0 amide bonds. The summed E-state index contributed by atoms with van der Waals surface area (Å²) in [6.45, 7) is 4.84. The van der Waals surface area contributed by atoms with Crippen LogP contribution in [0.15, 0.2) is 24.5 Å². The summed E-state index contributed by atoms with van der Waals surface area (Å²) in [6, 6.07) is 5.74. The number of aryl methyl sites for hydroxylation is 1. The minimum absolute atomic E-state index is 0.104. The van der Waals surface area contributed by atoms with Crippen molar-refractivity contribution in [3.05, 3.63) is 41.5 Å². The second-order valence-electron chi connectivity index (χ2n) is 4.42. The van der Waals surface area contributed by atoms with Crippen LogP contribution in [0.5, 0.6) is 5.75 Å². The molecule has 96 valence electrons. The Labute approximate surface area is 106 Å². The van der Waals surface area contributed by atoms with Crippen molar-refractivity contribution >= 4 is 0 Å². The van der Waals surface area contributed by atoms with E-state index in [9.17, 15) is 5.11 Å². The molecule has 0 aliphatic carbocycles. The van der Waals surface area contributed by atoms with Gasteiger partial charge in [0, 0.05) is 24.6 Å². The van der Waals surface area contributed by atoms with E-state index in [0.29, 0.717) is 5.75 Å². The number of phenols is 1. The summed E-state index contributed by atoms with van der Waals surface area (Å²) < 4.78 is 0. The third-order valence-electron chi connectivity index (χ3n) is 2.93. The van der Waals surface area contributed by atoms with E-state index in [2.05, 4.69) is 20.5 Å². The van der Waals surface area contributed by atoms with Gasteiger partial charge >= 0.3 is 0 Å². The summed E-state index contributed by atoms with van der Waals surface area (Å²) in [5.41, 5.74) is 2.07. The van der Waals surface area contributed by atoms with Gasteiger partial charge in [0.2, 0.25) is 0 Å². The van der Waals surface area contributed by atoms with E-state index in [0.717, 1.165) is 29.9 Å². The van der Waals surface area contributed by atoms with Gasteiger partial charge in [0.15, 0.2) is 0 Å². The zero-order chi connectivity index (χ0) is 13.0. The van der Waals surface area contributed by atoms with E-state index in [4.69, 9.17) is 0 Å². The first kappa shape index (κ1) is 12.6. The average molecular weight is 246 g/mol. The molecule has 5 heteroatoms. The minimum Gasteiger partial charge on any atom is -0.508 e. The first-order valence-electron chi connectivity index (χ1n) is 6.04. The number of nitrogens with one attached hydrogen (secondary N) is 2. The predicted molar refractivity (Wildman–Crippen MR) is 69.3 cm³/mol. The van der Waals surface area contributed by atoms with Gasteiger partial charge in [0.05, 0.1) is 0 Å². The Morgan fingerprint density at radius 1 is 1.44 bits per heavy atom. The van der Waals surface area contributed by atoms with Crippen LogP contribution in [-0.4, -0.2) is 26.8 Å². The lowest BCUT2D eigenvalue weighted by atomic mass is 10.0. The van der Waals surface area contributed by atoms with Gasteiger partial charge in [-0.2, -0.15) is 5.10 Å². The summed E-state index contributed by atoms with van der Waals surface area (Å²) in [5.74, 6) is 1.20. The molecule has 1 unspecified atom stereocenters. The molecule has 0 aliphatic rings. The van der Waals surface area contributed by atoms with Crippen molar-refractivity contribution in [2.75, 3.05) is 6.54 Å². The lowest BCUT2D eigenvalue weighted by Gasteiger charge is -2.15. The fourth-order valence-electron chi connectivity index (χ4n) is 1.89. The van der Waals surface area contributed by atoms with Crippen LogP contribution in [0.1, 0.15) is 29.9 Å². The molecular weight excluding hydrogens is 228 g/mol. The van der Waals surface area contributed by atoms with Gasteiger partial charge < -0.3 is 10.4 Å². The SMILES string of the molecule is Cc1ccc(O)c(C(C)NCCc2ncn[nH]2)c1. The maximum atomic E-state index is 9.82. The maximum absolute atomic E-state index is 9.82. The molecule has 1 heterocycles. The Bertz CT molecular complexity index is 496. The molecule has 2 rings (SSSR count). The summed E-state index contributed by atoms with van der Waals surface area (Å²) >= 11 is 0. The van der Waals surface area contributed by atoms with Crippen molar-refractivity contribution in [1.29, 1.82) is 0 Å². The molecule has 18 heavy (non-hydrogen) atoms. The number of nitrogens with zero attached hydrogens (tertiary/aromatic N) is 2. The highest BCUT2D eigenvalue weighted by molar-refractivity contribution is 5.37. The molecule has 3 N–H and O–H groups in total. The number of rotatable bonds is 5. The van der Waals surface area contributed by atoms with Gasteiger partial charge in [-0.15, -0.1) is 0 Å². The van der Waals surface area contributed by atoms with Crippen LogP contribution >= 0.6 is 0 Å². The molecule has 0 radical (unpaired) electrons. The van der Waals surface area contributed by atoms with Crippen molar-refractivity contribution in [2.45, 2.75) is 26.3 Å². The Balaban J connectivity index is 1.91. The van der Waals surface area contributed by atoms with Crippen molar-refractivity contribution in [3.8, 4) is 5.75 Å². The number of benzene rings is 1. The molecule has 2 aromatic rings. The number of phenolic OH excluding ortho intramolecular Hbond substituents is 1. The summed E-state index contributed by atoms with van der Waals surface area (Å²) in [7, 11) is 0. The lowest BCUT2D eigenvalue weighted by Crippen LogP contribution is -2.21. The van der Waals surface area contributed by atoms with E-state index in [-0.39, 0.29) is 6.04 Å². The Morgan fingerprint density at radius 3 is 3.00 bits per heavy atom. The number of H-pyrrole nitrogens is 1. The van der Waals surface area contributed by atoms with Crippen LogP contribution in [0.2, 0.25) is 0 Å². The van der Waals surface area contributed by atoms with Gasteiger partial charge in [-0.05, 0) is 19.9 Å². The van der Waals surface area contributed by atoms with Gasteiger partial charge in [-0.25, -0.2) is 4.98 Å². The zero-order valence-corrected chi connectivity index (χ0v) is 10.6. The first-order chi connectivity index (χ1) is 8.66. The number of aromatic nitrogens is 3. The molecule has 0 saturated carbocycles. The van der Waals surface area contributed by atoms with Crippen molar-refractivity contribution < 1.29 is 5.11 Å².